The summed E-state index contributed by atoms with van der Waals surface area (Å²) in [5, 5.41) is 18.2. The van der Waals surface area contributed by atoms with Gasteiger partial charge < -0.3 is 19.4 Å². The largest absolute Gasteiger partial charge is 0.420 e. The monoisotopic (exact) mass is 236 g/mol. The zero-order valence-corrected chi connectivity index (χ0v) is 11.2. The van der Waals surface area contributed by atoms with Crippen LogP contribution in [-0.2, 0) is 9.16 Å². The number of hydrogen-bond acceptors (Lipinski definition) is 4. The summed E-state index contributed by atoms with van der Waals surface area (Å²) in [5.41, 5.74) is 0. The molecule has 0 rings (SSSR count). The lowest BCUT2D eigenvalue weighted by molar-refractivity contribution is -0.0302. The summed E-state index contributed by atoms with van der Waals surface area (Å²) in [6.07, 6.45) is -0.563. The minimum Gasteiger partial charge on any atom is -0.420 e. The molecular formula is C10H24O4Si. The molecule has 4 nitrogen and oxygen atoms in total. The van der Waals surface area contributed by atoms with Gasteiger partial charge in [-0.1, -0.05) is 0 Å². The predicted molar refractivity (Wildman–Crippen MR) is 62.4 cm³/mol. The van der Waals surface area contributed by atoms with Gasteiger partial charge in [-0.05, 0) is 32.5 Å². The van der Waals surface area contributed by atoms with Crippen molar-refractivity contribution in [1.29, 1.82) is 0 Å². The van der Waals surface area contributed by atoms with E-state index in [0.29, 0.717) is 6.61 Å². The number of aliphatic hydroxyl groups excluding tert-OH is 2. The van der Waals surface area contributed by atoms with E-state index in [2.05, 4.69) is 13.1 Å². The SMILES string of the molecule is CO[Si](C)(C)CCCOCC(O)C(C)O. The summed E-state index contributed by atoms with van der Waals surface area (Å²) in [4.78, 5) is 0. The van der Waals surface area contributed by atoms with Gasteiger partial charge in [-0.2, -0.15) is 0 Å². The molecule has 0 aromatic carbocycles. The summed E-state index contributed by atoms with van der Waals surface area (Å²) in [5.74, 6) is 0. The van der Waals surface area contributed by atoms with E-state index in [1.165, 1.54) is 0 Å². The summed E-state index contributed by atoms with van der Waals surface area (Å²) in [6, 6.07) is 1.05. The molecule has 0 heterocycles. The Labute approximate surface area is 93.3 Å². The van der Waals surface area contributed by atoms with Crippen LogP contribution in [0.5, 0.6) is 0 Å². The van der Waals surface area contributed by atoms with Gasteiger partial charge in [0, 0.05) is 13.7 Å². The predicted octanol–water partition coefficient (Wildman–Crippen LogP) is 0.986. The van der Waals surface area contributed by atoms with Crippen LogP contribution in [0, 0.1) is 0 Å². The van der Waals surface area contributed by atoms with Crippen molar-refractivity contribution in [2.75, 3.05) is 20.3 Å². The van der Waals surface area contributed by atoms with Crippen molar-refractivity contribution < 1.29 is 19.4 Å². The fraction of sp³-hybridized carbons (Fsp3) is 1.00. The third-order valence-corrected chi connectivity index (χ3v) is 5.13. The first-order valence-electron chi connectivity index (χ1n) is 5.38. The molecular weight excluding hydrogens is 212 g/mol. The van der Waals surface area contributed by atoms with Crippen LogP contribution in [0.25, 0.3) is 0 Å². The van der Waals surface area contributed by atoms with Crippen molar-refractivity contribution in [3.8, 4) is 0 Å². The van der Waals surface area contributed by atoms with Crippen molar-refractivity contribution in [2.45, 2.75) is 44.7 Å². The maximum absolute atomic E-state index is 9.24. The minimum absolute atomic E-state index is 0.201. The number of aliphatic hydroxyl groups is 2. The Morgan fingerprint density at radius 3 is 2.33 bits per heavy atom. The van der Waals surface area contributed by atoms with Crippen LogP contribution >= 0.6 is 0 Å². The van der Waals surface area contributed by atoms with Crippen LogP contribution in [0.1, 0.15) is 13.3 Å². The van der Waals surface area contributed by atoms with E-state index in [1.54, 1.807) is 14.0 Å². The van der Waals surface area contributed by atoms with E-state index in [9.17, 15) is 5.11 Å². The molecule has 2 N–H and O–H groups in total. The molecule has 5 heteroatoms. The second kappa shape index (κ2) is 7.35. The molecule has 0 fully saturated rings. The quantitative estimate of drug-likeness (QED) is 0.487. The minimum atomic E-state index is -1.47. The lowest BCUT2D eigenvalue weighted by Gasteiger charge is -2.20. The molecule has 0 radical (unpaired) electrons. The van der Waals surface area contributed by atoms with Gasteiger partial charge in [-0.15, -0.1) is 0 Å². The molecule has 92 valence electrons. The van der Waals surface area contributed by atoms with Crippen LogP contribution in [-0.4, -0.2) is 51.1 Å². The summed E-state index contributed by atoms with van der Waals surface area (Å²) in [7, 11) is 0.286. The Hall–Kier alpha value is 0.0569. The Kier molecular flexibility index (Phi) is 7.38. The van der Waals surface area contributed by atoms with E-state index in [4.69, 9.17) is 14.3 Å². The van der Waals surface area contributed by atoms with Gasteiger partial charge in [-0.3, -0.25) is 0 Å². The number of hydrogen-bond donors (Lipinski definition) is 2. The fourth-order valence-electron chi connectivity index (χ4n) is 1.05. The lowest BCUT2D eigenvalue weighted by atomic mass is 10.2. The summed E-state index contributed by atoms with van der Waals surface area (Å²) < 4.78 is 10.7. The first kappa shape index (κ1) is 15.1. The Morgan fingerprint density at radius 1 is 1.27 bits per heavy atom. The molecule has 0 aliphatic rings. The van der Waals surface area contributed by atoms with Gasteiger partial charge in [0.25, 0.3) is 0 Å². The first-order valence-corrected chi connectivity index (χ1v) is 8.49. The molecule has 0 saturated carbocycles. The molecule has 15 heavy (non-hydrogen) atoms. The van der Waals surface area contributed by atoms with Crippen LogP contribution in [0.2, 0.25) is 19.1 Å². The third-order valence-electron chi connectivity index (χ3n) is 2.47. The highest BCUT2D eigenvalue weighted by Gasteiger charge is 2.19. The highest BCUT2D eigenvalue weighted by molar-refractivity contribution is 6.71. The highest BCUT2D eigenvalue weighted by atomic mass is 28.4. The second-order valence-electron chi connectivity index (χ2n) is 4.45. The topological polar surface area (TPSA) is 58.9 Å². The van der Waals surface area contributed by atoms with Gasteiger partial charge in [0.15, 0.2) is 8.32 Å². The number of ether oxygens (including phenoxy) is 1. The van der Waals surface area contributed by atoms with Gasteiger partial charge in [0.2, 0.25) is 0 Å². The zero-order valence-electron chi connectivity index (χ0n) is 10.2. The van der Waals surface area contributed by atoms with Gasteiger partial charge in [0.1, 0.15) is 6.10 Å². The molecule has 0 aromatic rings. The smallest absolute Gasteiger partial charge is 0.186 e. The first-order chi connectivity index (χ1) is 6.89. The molecule has 0 spiro atoms. The Balaban J connectivity index is 3.40. The summed E-state index contributed by atoms with van der Waals surface area (Å²) in [6.45, 7) is 6.69. The Morgan fingerprint density at radius 2 is 1.87 bits per heavy atom. The molecule has 0 bridgehead atoms. The molecule has 0 amide bonds. The zero-order chi connectivity index (χ0) is 11.9. The fourth-order valence-corrected chi connectivity index (χ4v) is 2.25. The molecule has 2 atom stereocenters. The van der Waals surface area contributed by atoms with Crippen LogP contribution < -0.4 is 0 Å². The van der Waals surface area contributed by atoms with Crippen molar-refractivity contribution in [3.63, 3.8) is 0 Å². The van der Waals surface area contributed by atoms with Crippen molar-refractivity contribution in [3.05, 3.63) is 0 Å². The van der Waals surface area contributed by atoms with Crippen LogP contribution in [0.4, 0.5) is 0 Å². The highest BCUT2D eigenvalue weighted by Crippen LogP contribution is 2.12. The second-order valence-corrected chi connectivity index (χ2v) is 8.88. The van der Waals surface area contributed by atoms with Crippen molar-refractivity contribution >= 4 is 8.32 Å². The summed E-state index contributed by atoms with van der Waals surface area (Å²) >= 11 is 0. The Bertz CT molecular complexity index is 162. The average molecular weight is 236 g/mol. The average Bonchev–Trinajstić information content (AvgIpc) is 2.16. The maximum atomic E-state index is 9.24. The lowest BCUT2D eigenvalue weighted by Crippen LogP contribution is -2.30. The van der Waals surface area contributed by atoms with E-state index in [-0.39, 0.29) is 6.61 Å². The van der Waals surface area contributed by atoms with E-state index < -0.39 is 20.5 Å². The molecule has 2 unspecified atom stereocenters. The maximum Gasteiger partial charge on any atom is 0.186 e. The molecule has 0 aliphatic heterocycles. The van der Waals surface area contributed by atoms with Crippen LogP contribution in [0.3, 0.4) is 0 Å². The van der Waals surface area contributed by atoms with E-state index in [0.717, 1.165) is 12.5 Å². The van der Waals surface area contributed by atoms with Gasteiger partial charge >= 0.3 is 0 Å². The molecule has 0 aromatic heterocycles. The molecule has 0 aliphatic carbocycles. The van der Waals surface area contributed by atoms with Crippen molar-refractivity contribution in [2.24, 2.45) is 0 Å². The van der Waals surface area contributed by atoms with Crippen LogP contribution in [0.15, 0.2) is 0 Å². The van der Waals surface area contributed by atoms with Gasteiger partial charge in [0.05, 0.1) is 12.7 Å². The van der Waals surface area contributed by atoms with Crippen molar-refractivity contribution in [1.82, 2.24) is 0 Å². The van der Waals surface area contributed by atoms with E-state index >= 15 is 0 Å². The molecule has 0 saturated heterocycles. The normalized spacial score (nSPS) is 16.4. The standard InChI is InChI=1S/C10H24O4Si/c1-9(11)10(12)8-14-6-5-7-15(3,4)13-2/h9-12H,5-8H2,1-4H3. The number of rotatable bonds is 8. The third kappa shape index (κ3) is 7.93. The van der Waals surface area contributed by atoms with E-state index in [1.807, 2.05) is 0 Å². The van der Waals surface area contributed by atoms with Gasteiger partial charge in [-0.25, -0.2) is 0 Å².